The maximum atomic E-state index is 3.21. The Morgan fingerprint density at radius 3 is 2.08 bits per heavy atom. The van der Waals surface area contributed by atoms with E-state index < -0.39 is 0 Å². The molecule has 0 saturated carbocycles. The zero-order chi connectivity index (χ0) is 9.56. The van der Waals surface area contributed by atoms with Gasteiger partial charge in [-0.25, -0.2) is 0 Å². The summed E-state index contributed by atoms with van der Waals surface area (Å²) in [6.45, 7) is 4.24. The van der Waals surface area contributed by atoms with Gasteiger partial charge in [0.15, 0.2) is 0 Å². The molecule has 72 valence electrons. The fourth-order valence-electron chi connectivity index (χ4n) is 1.00. The van der Waals surface area contributed by atoms with Gasteiger partial charge in [-0.1, -0.05) is 0 Å². The van der Waals surface area contributed by atoms with Crippen LogP contribution in [-0.4, -0.2) is 27.2 Å². The molecule has 0 amide bonds. The van der Waals surface area contributed by atoms with Crippen molar-refractivity contribution in [2.24, 2.45) is 0 Å². The minimum absolute atomic E-state index is 0.510. The summed E-state index contributed by atoms with van der Waals surface area (Å²) in [6.07, 6.45) is 1.03. The first-order valence-corrected chi connectivity index (χ1v) is 4.38. The molecule has 0 aliphatic carbocycles. The second-order valence-corrected chi connectivity index (χ2v) is 3.00. The maximum absolute atomic E-state index is 3.21. The third kappa shape index (κ3) is 3.62. The van der Waals surface area contributed by atoms with Crippen LogP contribution in [0.15, 0.2) is 11.4 Å². The topological polar surface area (TPSA) is 36.1 Å². The molecule has 0 aliphatic rings. The summed E-state index contributed by atoms with van der Waals surface area (Å²) in [5.74, 6) is 0. The van der Waals surface area contributed by atoms with Gasteiger partial charge < -0.3 is 16.0 Å². The van der Waals surface area contributed by atoms with Crippen LogP contribution in [0.2, 0.25) is 0 Å². The Labute approximate surface area is 75.6 Å². The molecular formula is C9H21N3. The van der Waals surface area contributed by atoms with Crippen LogP contribution in [-0.2, 0) is 0 Å². The molecule has 0 aliphatic heterocycles. The van der Waals surface area contributed by atoms with E-state index in [4.69, 9.17) is 0 Å². The fourth-order valence-corrected chi connectivity index (χ4v) is 1.00. The minimum Gasteiger partial charge on any atom is -0.390 e. The number of hydrogen-bond acceptors (Lipinski definition) is 3. The average molecular weight is 171 g/mol. The number of rotatable bonds is 5. The van der Waals surface area contributed by atoms with Gasteiger partial charge in [-0.15, -0.1) is 0 Å². The average Bonchev–Trinajstić information content (AvgIpc) is 2.12. The van der Waals surface area contributed by atoms with Gasteiger partial charge in [0.05, 0.1) is 0 Å². The first kappa shape index (κ1) is 11.3. The van der Waals surface area contributed by atoms with Crippen molar-refractivity contribution in [1.82, 2.24) is 16.0 Å². The van der Waals surface area contributed by atoms with Crippen molar-refractivity contribution in [3.05, 3.63) is 11.4 Å². The Morgan fingerprint density at radius 1 is 1.17 bits per heavy atom. The van der Waals surface area contributed by atoms with Crippen molar-refractivity contribution >= 4 is 0 Å². The van der Waals surface area contributed by atoms with E-state index in [0.717, 1.165) is 6.42 Å². The Kier molecular flexibility index (Phi) is 5.54. The van der Waals surface area contributed by atoms with Crippen LogP contribution in [0.4, 0.5) is 0 Å². The Hall–Kier alpha value is -0.700. The highest BCUT2D eigenvalue weighted by Gasteiger charge is 2.04. The van der Waals surface area contributed by atoms with E-state index in [2.05, 4.69) is 29.8 Å². The third-order valence-corrected chi connectivity index (χ3v) is 2.13. The van der Waals surface area contributed by atoms with Crippen molar-refractivity contribution in [3.63, 3.8) is 0 Å². The van der Waals surface area contributed by atoms with E-state index in [0.29, 0.717) is 6.04 Å². The van der Waals surface area contributed by atoms with Gasteiger partial charge in [0.25, 0.3) is 0 Å². The van der Waals surface area contributed by atoms with Gasteiger partial charge in [0.2, 0.25) is 0 Å². The van der Waals surface area contributed by atoms with Crippen LogP contribution in [0.25, 0.3) is 0 Å². The molecule has 0 aromatic rings. The lowest BCUT2D eigenvalue weighted by Crippen LogP contribution is -2.26. The number of nitrogens with one attached hydrogen (secondary N) is 3. The predicted molar refractivity (Wildman–Crippen MR) is 54.0 cm³/mol. The van der Waals surface area contributed by atoms with Crippen molar-refractivity contribution in [2.75, 3.05) is 21.1 Å². The predicted octanol–water partition coefficient (Wildman–Crippen LogP) is 0.655. The first-order chi connectivity index (χ1) is 5.65. The molecule has 3 nitrogen and oxygen atoms in total. The summed E-state index contributed by atoms with van der Waals surface area (Å²) in [4.78, 5) is 0. The Bertz CT molecular complexity index is 152. The highest BCUT2D eigenvalue weighted by atomic mass is 14.9. The van der Waals surface area contributed by atoms with Crippen LogP contribution in [0.1, 0.15) is 20.3 Å². The van der Waals surface area contributed by atoms with E-state index in [1.807, 2.05) is 21.1 Å². The monoisotopic (exact) mass is 171 g/mol. The van der Waals surface area contributed by atoms with Crippen LogP contribution in [0.5, 0.6) is 0 Å². The van der Waals surface area contributed by atoms with E-state index >= 15 is 0 Å². The van der Waals surface area contributed by atoms with Gasteiger partial charge >= 0.3 is 0 Å². The molecule has 0 spiro atoms. The molecule has 0 bridgehead atoms. The second kappa shape index (κ2) is 5.89. The fraction of sp³-hybridized carbons (Fsp3) is 0.778. The third-order valence-electron chi connectivity index (χ3n) is 2.13. The van der Waals surface area contributed by atoms with E-state index in [1.165, 1.54) is 11.4 Å². The number of hydrogen-bond donors (Lipinski definition) is 3. The summed E-state index contributed by atoms with van der Waals surface area (Å²) in [6, 6.07) is 0.510. The molecule has 0 aromatic carbocycles. The summed E-state index contributed by atoms with van der Waals surface area (Å²) in [7, 11) is 5.88. The molecule has 0 radical (unpaired) electrons. The zero-order valence-corrected chi connectivity index (χ0v) is 8.78. The quantitative estimate of drug-likeness (QED) is 0.568. The largest absolute Gasteiger partial charge is 0.390 e. The summed E-state index contributed by atoms with van der Waals surface area (Å²) >= 11 is 0. The molecule has 0 fully saturated rings. The van der Waals surface area contributed by atoms with Crippen molar-refractivity contribution < 1.29 is 0 Å². The van der Waals surface area contributed by atoms with Crippen LogP contribution in [0.3, 0.4) is 0 Å². The van der Waals surface area contributed by atoms with Gasteiger partial charge in [-0.2, -0.15) is 0 Å². The van der Waals surface area contributed by atoms with Crippen LogP contribution < -0.4 is 16.0 Å². The molecular weight excluding hydrogens is 150 g/mol. The standard InChI is InChI=1S/C9H21N3/c1-7(10-3)6-9(12-5)8(2)11-4/h7,10-12H,6H2,1-5H3. The summed E-state index contributed by atoms with van der Waals surface area (Å²) in [5, 5.41) is 9.54. The molecule has 0 aromatic heterocycles. The lowest BCUT2D eigenvalue weighted by atomic mass is 10.1. The highest BCUT2D eigenvalue weighted by molar-refractivity contribution is 5.08. The van der Waals surface area contributed by atoms with Gasteiger partial charge in [0, 0.05) is 38.0 Å². The van der Waals surface area contributed by atoms with Crippen LogP contribution in [0, 0.1) is 0 Å². The molecule has 12 heavy (non-hydrogen) atoms. The lowest BCUT2D eigenvalue weighted by Gasteiger charge is -2.16. The van der Waals surface area contributed by atoms with Gasteiger partial charge in [-0.3, -0.25) is 0 Å². The highest BCUT2D eigenvalue weighted by Crippen LogP contribution is 2.04. The Balaban J connectivity index is 4.16. The van der Waals surface area contributed by atoms with E-state index in [-0.39, 0.29) is 0 Å². The molecule has 0 heterocycles. The van der Waals surface area contributed by atoms with Crippen molar-refractivity contribution in [3.8, 4) is 0 Å². The molecule has 1 unspecified atom stereocenters. The first-order valence-electron chi connectivity index (χ1n) is 4.38. The zero-order valence-electron chi connectivity index (χ0n) is 8.78. The lowest BCUT2D eigenvalue weighted by molar-refractivity contribution is 0.582. The number of allylic oxidation sites excluding steroid dienone is 1. The summed E-state index contributed by atoms with van der Waals surface area (Å²) < 4.78 is 0. The van der Waals surface area contributed by atoms with Crippen molar-refractivity contribution in [1.29, 1.82) is 0 Å². The molecule has 3 N–H and O–H groups in total. The maximum Gasteiger partial charge on any atom is 0.0309 e. The molecule has 1 atom stereocenters. The van der Waals surface area contributed by atoms with E-state index in [9.17, 15) is 0 Å². The normalized spacial score (nSPS) is 15.1. The van der Waals surface area contributed by atoms with E-state index in [1.54, 1.807) is 0 Å². The molecule has 0 rings (SSSR count). The van der Waals surface area contributed by atoms with Gasteiger partial charge in [-0.05, 0) is 20.9 Å². The van der Waals surface area contributed by atoms with Crippen molar-refractivity contribution in [2.45, 2.75) is 26.3 Å². The molecule has 3 heteroatoms. The smallest absolute Gasteiger partial charge is 0.0309 e. The molecule has 0 saturated heterocycles. The second-order valence-electron chi connectivity index (χ2n) is 3.00. The Morgan fingerprint density at radius 2 is 1.75 bits per heavy atom. The van der Waals surface area contributed by atoms with Gasteiger partial charge in [0.1, 0.15) is 0 Å². The summed E-state index contributed by atoms with van der Waals surface area (Å²) in [5.41, 5.74) is 2.47. The SMILES string of the molecule is CNC(C)=C(CC(C)NC)NC. The minimum atomic E-state index is 0.510. The van der Waals surface area contributed by atoms with Crippen LogP contribution >= 0.6 is 0 Å².